The van der Waals surface area contributed by atoms with Gasteiger partial charge in [-0.3, -0.25) is 15.0 Å². The number of carbonyl (C=O) groups is 2. The van der Waals surface area contributed by atoms with E-state index in [0.29, 0.717) is 5.69 Å². The molecule has 3 amide bonds. The summed E-state index contributed by atoms with van der Waals surface area (Å²) in [4.78, 5) is 23.6. The van der Waals surface area contributed by atoms with E-state index in [2.05, 4.69) is 0 Å². The lowest BCUT2D eigenvalue weighted by Crippen LogP contribution is -2.58. The molecule has 1 aliphatic heterocycles. The van der Waals surface area contributed by atoms with Crippen LogP contribution in [0.5, 0.6) is 0 Å². The Bertz CT molecular complexity index is 473. The number of rotatable bonds is 1. The van der Waals surface area contributed by atoms with Gasteiger partial charge in [0.05, 0.1) is 0 Å². The summed E-state index contributed by atoms with van der Waals surface area (Å²) in [7, 11) is 0. The maximum Gasteiger partial charge on any atom is 0.402 e. The summed E-state index contributed by atoms with van der Waals surface area (Å²) in [5.74, 6) is -3.50. The molecule has 1 aromatic rings. The van der Waals surface area contributed by atoms with Gasteiger partial charge in [0.2, 0.25) is 5.91 Å². The fourth-order valence-electron chi connectivity index (χ4n) is 1.69. The Morgan fingerprint density at radius 1 is 1.17 bits per heavy atom. The number of halogens is 3. The van der Waals surface area contributed by atoms with Gasteiger partial charge < -0.3 is 0 Å². The highest BCUT2D eigenvalue weighted by Gasteiger charge is 2.49. The van der Waals surface area contributed by atoms with Crippen molar-refractivity contribution in [2.75, 3.05) is 11.4 Å². The van der Waals surface area contributed by atoms with Gasteiger partial charge in [-0.2, -0.15) is 13.2 Å². The predicted octanol–water partition coefficient (Wildman–Crippen LogP) is 1.92. The molecule has 0 bridgehead atoms. The Kier molecular flexibility index (Phi) is 2.98. The molecule has 1 aliphatic rings. The van der Waals surface area contributed by atoms with Crippen molar-refractivity contribution in [3.05, 3.63) is 30.3 Å². The minimum atomic E-state index is -4.67. The summed E-state index contributed by atoms with van der Waals surface area (Å²) in [6.45, 7) is -0.696. The largest absolute Gasteiger partial charge is 0.402 e. The number of para-hydroxylation sites is 1. The monoisotopic (exact) mass is 258 g/mol. The number of imide groups is 1. The number of anilines is 1. The molecule has 0 aromatic heterocycles. The van der Waals surface area contributed by atoms with Crippen molar-refractivity contribution in [2.45, 2.75) is 6.18 Å². The van der Waals surface area contributed by atoms with Crippen LogP contribution in [0.2, 0.25) is 0 Å². The lowest BCUT2D eigenvalue weighted by atomic mass is 10.1. The molecule has 1 heterocycles. The molecule has 7 heteroatoms. The van der Waals surface area contributed by atoms with Gasteiger partial charge in [0.1, 0.15) is 0 Å². The minimum Gasteiger partial charge on any atom is -0.293 e. The minimum absolute atomic E-state index is 0.316. The van der Waals surface area contributed by atoms with E-state index in [1.165, 1.54) is 12.1 Å². The van der Waals surface area contributed by atoms with Crippen LogP contribution in [-0.4, -0.2) is 24.7 Å². The first-order chi connectivity index (χ1) is 8.39. The van der Waals surface area contributed by atoms with Gasteiger partial charge in [-0.1, -0.05) is 18.2 Å². The maximum absolute atomic E-state index is 12.6. The van der Waals surface area contributed by atoms with Crippen LogP contribution in [0.1, 0.15) is 0 Å². The first kappa shape index (κ1) is 12.4. The molecule has 1 N–H and O–H groups in total. The zero-order valence-electron chi connectivity index (χ0n) is 9.07. The molecule has 96 valence electrons. The van der Waals surface area contributed by atoms with Crippen molar-refractivity contribution in [1.82, 2.24) is 5.32 Å². The Balaban J connectivity index is 2.27. The molecule has 2 rings (SSSR count). The van der Waals surface area contributed by atoms with Crippen molar-refractivity contribution in [3.8, 4) is 0 Å². The van der Waals surface area contributed by atoms with E-state index in [0.717, 1.165) is 4.90 Å². The molecule has 1 saturated heterocycles. The average molecular weight is 258 g/mol. The molecule has 1 aromatic carbocycles. The fraction of sp³-hybridized carbons (Fsp3) is 0.273. The summed E-state index contributed by atoms with van der Waals surface area (Å²) >= 11 is 0. The Morgan fingerprint density at radius 3 is 2.33 bits per heavy atom. The molecule has 0 saturated carbocycles. The molecule has 1 unspecified atom stereocenters. The first-order valence-corrected chi connectivity index (χ1v) is 5.13. The number of hydrogen-bond donors (Lipinski definition) is 1. The van der Waals surface area contributed by atoms with E-state index in [1.54, 1.807) is 23.5 Å². The lowest BCUT2D eigenvalue weighted by Gasteiger charge is -2.32. The van der Waals surface area contributed by atoms with Crippen LogP contribution in [-0.2, 0) is 4.79 Å². The molecule has 0 aliphatic carbocycles. The summed E-state index contributed by atoms with van der Waals surface area (Å²) in [5, 5.41) is 1.71. The van der Waals surface area contributed by atoms with Crippen molar-refractivity contribution in [3.63, 3.8) is 0 Å². The summed E-state index contributed by atoms with van der Waals surface area (Å²) in [6.07, 6.45) is -4.67. The quantitative estimate of drug-likeness (QED) is 0.836. The van der Waals surface area contributed by atoms with Crippen molar-refractivity contribution < 1.29 is 22.8 Å². The zero-order valence-corrected chi connectivity index (χ0v) is 9.07. The highest BCUT2D eigenvalue weighted by Crippen LogP contribution is 2.30. The normalized spacial score (nSPS) is 20.8. The molecular weight excluding hydrogens is 249 g/mol. The van der Waals surface area contributed by atoms with E-state index in [9.17, 15) is 22.8 Å². The lowest BCUT2D eigenvalue weighted by molar-refractivity contribution is -0.180. The third-order valence-corrected chi connectivity index (χ3v) is 2.62. The van der Waals surface area contributed by atoms with Crippen molar-refractivity contribution in [2.24, 2.45) is 5.92 Å². The summed E-state index contributed by atoms with van der Waals surface area (Å²) in [6, 6.07) is 7.04. The van der Waals surface area contributed by atoms with E-state index in [1.807, 2.05) is 0 Å². The van der Waals surface area contributed by atoms with Crippen LogP contribution in [0.4, 0.5) is 23.7 Å². The van der Waals surface area contributed by atoms with Crippen molar-refractivity contribution >= 4 is 17.6 Å². The highest BCUT2D eigenvalue weighted by atomic mass is 19.4. The number of amides is 3. The number of nitrogens with one attached hydrogen (secondary N) is 1. The van der Waals surface area contributed by atoms with Crippen LogP contribution in [0.15, 0.2) is 30.3 Å². The van der Waals surface area contributed by atoms with Gasteiger partial charge in [0.15, 0.2) is 5.92 Å². The Morgan fingerprint density at radius 2 is 1.78 bits per heavy atom. The smallest absolute Gasteiger partial charge is 0.293 e. The van der Waals surface area contributed by atoms with E-state index >= 15 is 0 Å². The van der Waals surface area contributed by atoms with Crippen LogP contribution in [0.25, 0.3) is 0 Å². The van der Waals surface area contributed by atoms with Gasteiger partial charge in [0, 0.05) is 12.2 Å². The van der Waals surface area contributed by atoms with Gasteiger partial charge >= 0.3 is 12.2 Å². The SMILES string of the molecule is O=C1NC(=O)N(c2ccccc2)CC1C(F)(F)F. The first-order valence-electron chi connectivity index (χ1n) is 5.13. The number of nitrogens with zero attached hydrogens (tertiary/aromatic N) is 1. The zero-order chi connectivity index (χ0) is 13.3. The number of benzene rings is 1. The number of alkyl halides is 3. The van der Waals surface area contributed by atoms with Crippen LogP contribution < -0.4 is 10.2 Å². The van der Waals surface area contributed by atoms with E-state index < -0.39 is 30.6 Å². The Hall–Kier alpha value is -2.05. The Labute approximate surface area is 100 Å². The number of hydrogen-bond acceptors (Lipinski definition) is 2. The van der Waals surface area contributed by atoms with Crippen LogP contribution in [0, 0.1) is 5.92 Å². The molecule has 0 spiro atoms. The molecular formula is C11H9F3N2O2. The second-order valence-electron chi connectivity index (χ2n) is 3.83. The summed E-state index contributed by atoms with van der Waals surface area (Å²) in [5.41, 5.74) is 0.316. The van der Waals surface area contributed by atoms with Gasteiger partial charge in [-0.15, -0.1) is 0 Å². The molecule has 18 heavy (non-hydrogen) atoms. The number of urea groups is 1. The van der Waals surface area contributed by atoms with Crippen LogP contribution in [0.3, 0.4) is 0 Å². The second kappa shape index (κ2) is 4.32. The van der Waals surface area contributed by atoms with Crippen LogP contribution >= 0.6 is 0 Å². The van der Waals surface area contributed by atoms with Gasteiger partial charge in [-0.05, 0) is 12.1 Å². The molecule has 1 fully saturated rings. The average Bonchev–Trinajstić information content (AvgIpc) is 2.28. The van der Waals surface area contributed by atoms with E-state index in [-0.39, 0.29) is 0 Å². The maximum atomic E-state index is 12.6. The topological polar surface area (TPSA) is 49.4 Å². The third kappa shape index (κ3) is 2.29. The molecule has 0 radical (unpaired) electrons. The fourth-order valence-corrected chi connectivity index (χ4v) is 1.69. The molecule has 4 nitrogen and oxygen atoms in total. The third-order valence-electron chi connectivity index (χ3n) is 2.62. The molecule has 1 atom stereocenters. The predicted molar refractivity (Wildman–Crippen MR) is 56.9 cm³/mol. The number of carbonyl (C=O) groups excluding carboxylic acids is 2. The highest BCUT2D eigenvalue weighted by molar-refractivity contribution is 6.06. The van der Waals surface area contributed by atoms with E-state index in [4.69, 9.17) is 0 Å². The van der Waals surface area contributed by atoms with Gasteiger partial charge in [-0.25, -0.2) is 4.79 Å². The second-order valence-corrected chi connectivity index (χ2v) is 3.83. The summed E-state index contributed by atoms with van der Waals surface area (Å²) < 4.78 is 37.8. The van der Waals surface area contributed by atoms with Gasteiger partial charge in [0.25, 0.3) is 0 Å². The standard InChI is InChI=1S/C11H9F3N2O2/c12-11(13,14)8-6-16(10(18)15-9(8)17)7-4-2-1-3-5-7/h1-5,8H,6H2,(H,15,17,18). The van der Waals surface area contributed by atoms with Crippen molar-refractivity contribution in [1.29, 1.82) is 0 Å².